The summed E-state index contributed by atoms with van der Waals surface area (Å²) >= 11 is 0. The molecule has 0 atom stereocenters. The van der Waals surface area contributed by atoms with Crippen molar-refractivity contribution in [3.05, 3.63) is 0 Å². The van der Waals surface area contributed by atoms with Gasteiger partial charge in [-0.1, -0.05) is 40.5 Å². The molecule has 2 N–H and O–H groups in total. The van der Waals surface area contributed by atoms with Crippen LogP contribution in [0.25, 0.3) is 0 Å². The van der Waals surface area contributed by atoms with Gasteiger partial charge in [-0.05, 0) is 68.9 Å². The van der Waals surface area contributed by atoms with Gasteiger partial charge in [0.1, 0.15) is 0 Å². The molecule has 1 heterocycles. The Kier molecular flexibility index (Phi) is 5.76. The van der Waals surface area contributed by atoms with Crippen molar-refractivity contribution in [2.24, 2.45) is 23.0 Å². The normalized spacial score (nSPS) is 23.6. The number of nitrogens with two attached hydrogens (primary N) is 1. The van der Waals surface area contributed by atoms with Gasteiger partial charge in [0.15, 0.2) is 0 Å². The summed E-state index contributed by atoms with van der Waals surface area (Å²) in [5.74, 6) is 1.46. The molecule has 21 heavy (non-hydrogen) atoms. The molecule has 0 unspecified atom stereocenters. The Morgan fingerprint density at radius 3 is 1.76 bits per heavy atom. The van der Waals surface area contributed by atoms with Gasteiger partial charge >= 0.3 is 0 Å². The highest BCUT2D eigenvalue weighted by molar-refractivity contribution is 4.98. The maximum absolute atomic E-state index is 6.34. The van der Waals surface area contributed by atoms with Crippen LogP contribution in [-0.4, -0.2) is 30.1 Å². The van der Waals surface area contributed by atoms with Gasteiger partial charge in [-0.15, -0.1) is 0 Å². The summed E-state index contributed by atoms with van der Waals surface area (Å²) in [6.07, 6.45) is 11.3. The highest BCUT2D eigenvalue weighted by atomic mass is 15.2. The Bertz CT molecular complexity index is 296. The molecule has 0 aromatic carbocycles. The minimum absolute atomic E-state index is 0.253. The Labute approximate surface area is 132 Å². The van der Waals surface area contributed by atoms with Crippen LogP contribution in [0, 0.1) is 17.3 Å². The van der Waals surface area contributed by atoms with Gasteiger partial charge in [0.2, 0.25) is 0 Å². The van der Waals surface area contributed by atoms with E-state index in [4.69, 9.17) is 5.73 Å². The fourth-order valence-electron chi connectivity index (χ4n) is 5.24. The minimum atomic E-state index is 0.253. The summed E-state index contributed by atoms with van der Waals surface area (Å²) in [4.78, 5) is 2.79. The maximum atomic E-state index is 6.34. The number of hydrogen-bond donors (Lipinski definition) is 1. The lowest BCUT2D eigenvalue weighted by atomic mass is 9.73. The molecule has 0 amide bonds. The average Bonchev–Trinajstić information content (AvgIpc) is 2.86. The van der Waals surface area contributed by atoms with Gasteiger partial charge in [0, 0.05) is 12.1 Å². The molecule has 2 aliphatic rings. The molecule has 1 saturated heterocycles. The van der Waals surface area contributed by atoms with Gasteiger partial charge in [0.05, 0.1) is 0 Å². The first kappa shape index (κ1) is 17.3. The SMILES string of the molecule is CC(C)CC(CN)(CC(C)C)N1CCC2(CCCC2)CC1. The second-order valence-corrected chi connectivity index (χ2v) is 8.82. The van der Waals surface area contributed by atoms with Crippen LogP contribution in [0.15, 0.2) is 0 Å². The lowest BCUT2D eigenvalue weighted by Gasteiger charge is -2.51. The zero-order chi connectivity index (χ0) is 15.5. The first-order valence-electron chi connectivity index (χ1n) is 9.37. The predicted octanol–water partition coefficient (Wildman–Crippen LogP) is 4.43. The Morgan fingerprint density at radius 1 is 0.905 bits per heavy atom. The number of piperidine rings is 1. The zero-order valence-corrected chi connectivity index (χ0v) is 15.0. The van der Waals surface area contributed by atoms with E-state index in [0.29, 0.717) is 5.41 Å². The standard InChI is InChI=1S/C19H38N2/c1-16(2)13-19(15-20,14-17(3)4)21-11-9-18(10-12-21)7-5-6-8-18/h16-17H,5-15,20H2,1-4H3. The van der Waals surface area contributed by atoms with E-state index in [-0.39, 0.29) is 5.54 Å². The summed E-state index contributed by atoms with van der Waals surface area (Å²) in [6.45, 7) is 12.8. The zero-order valence-electron chi connectivity index (χ0n) is 15.0. The van der Waals surface area contributed by atoms with E-state index in [9.17, 15) is 0 Å². The molecule has 2 rings (SSSR count). The van der Waals surface area contributed by atoms with E-state index in [0.717, 1.165) is 18.4 Å². The van der Waals surface area contributed by atoms with Crippen molar-refractivity contribution in [2.45, 2.75) is 84.6 Å². The molecule has 124 valence electrons. The van der Waals surface area contributed by atoms with Crippen LogP contribution in [0.5, 0.6) is 0 Å². The second-order valence-electron chi connectivity index (χ2n) is 8.82. The minimum Gasteiger partial charge on any atom is -0.329 e. The number of nitrogens with zero attached hydrogens (tertiary/aromatic N) is 1. The molecule has 1 aliphatic heterocycles. The number of hydrogen-bond acceptors (Lipinski definition) is 2. The quantitative estimate of drug-likeness (QED) is 0.785. The Hall–Kier alpha value is -0.0800. The van der Waals surface area contributed by atoms with E-state index >= 15 is 0 Å². The number of likely N-dealkylation sites (tertiary alicyclic amines) is 1. The third-order valence-corrected chi connectivity index (χ3v) is 6.12. The predicted molar refractivity (Wildman–Crippen MR) is 92.4 cm³/mol. The van der Waals surface area contributed by atoms with E-state index < -0.39 is 0 Å². The molecule has 0 aromatic heterocycles. The summed E-state index contributed by atoms with van der Waals surface area (Å²) in [5, 5.41) is 0. The van der Waals surface area contributed by atoms with E-state index in [1.165, 1.54) is 64.5 Å². The molecule has 1 saturated carbocycles. The molecule has 0 aromatic rings. The van der Waals surface area contributed by atoms with Gasteiger partial charge in [-0.3, -0.25) is 4.90 Å². The van der Waals surface area contributed by atoms with Crippen LogP contribution < -0.4 is 5.73 Å². The molecule has 1 spiro atoms. The maximum Gasteiger partial charge on any atom is 0.0336 e. The van der Waals surface area contributed by atoms with Crippen molar-refractivity contribution >= 4 is 0 Å². The summed E-state index contributed by atoms with van der Waals surface area (Å²) in [6, 6.07) is 0. The van der Waals surface area contributed by atoms with Gasteiger partial charge in [-0.25, -0.2) is 0 Å². The van der Waals surface area contributed by atoms with Gasteiger partial charge in [0.25, 0.3) is 0 Å². The number of rotatable bonds is 6. The first-order chi connectivity index (χ1) is 9.91. The Morgan fingerprint density at radius 2 is 1.38 bits per heavy atom. The van der Waals surface area contributed by atoms with Crippen LogP contribution in [0.2, 0.25) is 0 Å². The third kappa shape index (κ3) is 4.01. The van der Waals surface area contributed by atoms with Crippen molar-refractivity contribution in [2.75, 3.05) is 19.6 Å². The van der Waals surface area contributed by atoms with Crippen molar-refractivity contribution < 1.29 is 0 Å². The fourth-order valence-corrected chi connectivity index (χ4v) is 5.24. The Balaban J connectivity index is 2.06. The molecule has 2 heteroatoms. The van der Waals surface area contributed by atoms with Gasteiger partial charge in [-0.2, -0.15) is 0 Å². The van der Waals surface area contributed by atoms with Crippen molar-refractivity contribution in [1.82, 2.24) is 4.90 Å². The molecular weight excluding hydrogens is 256 g/mol. The van der Waals surface area contributed by atoms with Crippen LogP contribution >= 0.6 is 0 Å². The molecular formula is C19H38N2. The summed E-state index contributed by atoms with van der Waals surface area (Å²) < 4.78 is 0. The lowest BCUT2D eigenvalue weighted by Crippen LogP contribution is -2.58. The van der Waals surface area contributed by atoms with Gasteiger partial charge < -0.3 is 5.73 Å². The molecule has 2 fully saturated rings. The lowest BCUT2D eigenvalue weighted by molar-refractivity contribution is -0.00117. The third-order valence-electron chi connectivity index (χ3n) is 6.12. The largest absolute Gasteiger partial charge is 0.329 e. The highest BCUT2D eigenvalue weighted by Gasteiger charge is 2.43. The highest BCUT2D eigenvalue weighted by Crippen LogP contribution is 2.47. The van der Waals surface area contributed by atoms with Crippen molar-refractivity contribution in [3.63, 3.8) is 0 Å². The first-order valence-corrected chi connectivity index (χ1v) is 9.37. The average molecular weight is 295 g/mol. The second kappa shape index (κ2) is 7.00. The molecule has 1 aliphatic carbocycles. The smallest absolute Gasteiger partial charge is 0.0336 e. The van der Waals surface area contributed by atoms with Crippen molar-refractivity contribution in [1.29, 1.82) is 0 Å². The van der Waals surface area contributed by atoms with E-state index in [1.807, 2.05) is 0 Å². The topological polar surface area (TPSA) is 29.3 Å². The van der Waals surface area contributed by atoms with Crippen LogP contribution in [0.1, 0.15) is 79.1 Å². The van der Waals surface area contributed by atoms with Crippen LogP contribution in [-0.2, 0) is 0 Å². The fraction of sp³-hybridized carbons (Fsp3) is 1.00. The monoisotopic (exact) mass is 294 g/mol. The molecule has 0 radical (unpaired) electrons. The molecule has 0 bridgehead atoms. The van der Waals surface area contributed by atoms with E-state index in [2.05, 4.69) is 32.6 Å². The molecule has 2 nitrogen and oxygen atoms in total. The summed E-state index contributed by atoms with van der Waals surface area (Å²) in [5.41, 5.74) is 7.31. The van der Waals surface area contributed by atoms with Crippen molar-refractivity contribution in [3.8, 4) is 0 Å². The summed E-state index contributed by atoms with van der Waals surface area (Å²) in [7, 11) is 0. The van der Waals surface area contributed by atoms with Crippen LogP contribution in [0.4, 0.5) is 0 Å². The van der Waals surface area contributed by atoms with E-state index in [1.54, 1.807) is 0 Å². The van der Waals surface area contributed by atoms with Crippen LogP contribution in [0.3, 0.4) is 0 Å².